The third-order valence-corrected chi connectivity index (χ3v) is 5.34. The van der Waals surface area contributed by atoms with Gasteiger partial charge in [-0.05, 0) is 11.5 Å². The summed E-state index contributed by atoms with van der Waals surface area (Å²) < 4.78 is 7.61. The lowest BCUT2D eigenvalue weighted by atomic mass is 10.0. The maximum Gasteiger partial charge on any atom is 0.408 e. The molecule has 0 fully saturated rings. The highest BCUT2D eigenvalue weighted by Gasteiger charge is 2.32. The van der Waals surface area contributed by atoms with Crippen molar-refractivity contribution in [2.45, 2.75) is 45.4 Å². The van der Waals surface area contributed by atoms with Crippen LogP contribution in [-0.2, 0) is 29.0 Å². The molecule has 1 aromatic heterocycles. The van der Waals surface area contributed by atoms with E-state index in [4.69, 9.17) is 4.74 Å². The SMILES string of the molecule is CC(C)[C@H]1COCC=CCn2cnc(c2)C[C@@H](N(Cc2ccccc2)C(=O)O)C(=O)N1. The maximum atomic E-state index is 13.3. The number of nitrogens with zero attached hydrogens (tertiary/aromatic N) is 3. The molecule has 8 heteroatoms. The number of ether oxygens (including phenoxy) is 1. The summed E-state index contributed by atoms with van der Waals surface area (Å²) in [5.74, 6) is -0.212. The fourth-order valence-electron chi connectivity index (χ4n) is 3.45. The zero-order valence-corrected chi connectivity index (χ0v) is 18.0. The van der Waals surface area contributed by atoms with E-state index in [0.29, 0.717) is 25.5 Å². The van der Waals surface area contributed by atoms with E-state index in [9.17, 15) is 14.7 Å². The van der Waals surface area contributed by atoms with Gasteiger partial charge in [0.2, 0.25) is 5.91 Å². The van der Waals surface area contributed by atoms with Crippen LogP contribution in [0.4, 0.5) is 4.79 Å². The number of aromatic nitrogens is 2. The van der Waals surface area contributed by atoms with Gasteiger partial charge in [-0.1, -0.05) is 56.3 Å². The zero-order chi connectivity index (χ0) is 22.2. The Morgan fingerprint density at radius 2 is 2.10 bits per heavy atom. The topological polar surface area (TPSA) is 96.7 Å². The lowest BCUT2D eigenvalue weighted by Gasteiger charge is -2.31. The normalized spacial score (nSPS) is 20.2. The molecular formula is C23H30N4O4. The van der Waals surface area contributed by atoms with Gasteiger partial charge < -0.3 is 19.7 Å². The summed E-state index contributed by atoms with van der Waals surface area (Å²) >= 11 is 0. The van der Waals surface area contributed by atoms with E-state index in [-0.39, 0.29) is 30.8 Å². The summed E-state index contributed by atoms with van der Waals surface area (Å²) in [5, 5.41) is 13.0. The molecule has 2 N–H and O–H groups in total. The molecule has 0 unspecified atom stereocenters. The molecule has 0 spiro atoms. The number of imidazole rings is 1. The van der Waals surface area contributed by atoms with Crippen LogP contribution in [0.15, 0.2) is 55.0 Å². The Balaban J connectivity index is 1.92. The average molecular weight is 427 g/mol. The molecule has 0 aliphatic carbocycles. The number of fused-ring (bicyclic) bond motifs is 2. The highest BCUT2D eigenvalue weighted by molar-refractivity contribution is 5.85. The van der Waals surface area contributed by atoms with Crippen LogP contribution in [0.1, 0.15) is 25.1 Å². The van der Waals surface area contributed by atoms with Crippen LogP contribution in [-0.4, -0.2) is 56.9 Å². The molecule has 2 heterocycles. The van der Waals surface area contributed by atoms with Crippen molar-refractivity contribution in [3.05, 3.63) is 66.3 Å². The van der Waals surface area contributed by atoms with Gasteiger partial charge in [-0.2, -0.15) is 0 Å². The monoisotopic (exact) mass is 426 g/mol. The van der Waals surface area contributed by atoms with Crippen LogP contribution in [0.25, 0.3) is 0 Å². The predicted molar refractivity (Wildman–Crippen MR) is 116 cm³/mol. The maximum absolute atomic E-state index is 13.3. The molecule has 8 nitrogen and oxygen atoms in total. The first-order chi connectivity index (χ1) is 14.9. The Morgan fingerprint density at radius 1 is 1.32 bits per heavy atom. The second-order valence-corrected chi connectivity index (χ2v) is 8.05. The number of carbonyl (C=O) groups is 2. The minimum atomic E-state index is -1.15. The van der Waals surface area contributed by atoms with Crippen LogP contribution in [0, 0.1) is 5.92 Å². The first kappa shape index (κ1) is 22.6. The van der Waals surface area contributed by atoms with Crippen molar-refractivity contribution in [2.75, 3.05) is 13.2 Å². The van der Waals surface area contributed by atoms with E-state index in [0.717, 1.165) is 5.56 Å². The average Bonchev–Trinajstić information content (AvgIpc) is 3.19. The minimum absolute atomic E-state index is 0.112. The molecule has 2 atom stereocenters. The molecule has 1 aliphatic heterocycles. The van der Waals surface area contributed by atoms with Gasteiger partial charge in [0.15, 0.2) is 0 Å². The molecule has 0 saturated carbocycles. The fraction of sp³-hybridized carbons (Fsp3) is 0.435. The van der Waals surface area contributed by atoms with Gasteiger partial charge in [0.25, 0.3) is 0 Å². The number of allylic oxidation sites excluding steroid dienone is 1. The molecule has 31 heavy (non-hydrogen) atoms. The lowest BCUT2D eigenvalue weighted by molar-refractivity contribution is -0.127. The van der Waals surface area contributed by atoms with E-state index in [2.05, 4.69) is 10.3 Å². The molecule has 2 bridgehead atoms. The Bertz CT molecular complexity index is 894. The molecule has 0 radical (unpaired) electrons. The minimum Gasteiger partial charge on any atom is -0.465 e. The summed E-state index contributed by atoms with van der Waals surface area (Å²) in [4.78, 5) is 31.1. The smallest absolute Gasteiger partial charge is 0.408 e. The number of amides is 2. The van der Waals surface area contributed by atoms with Crippen LogP contribution >= 0.6 is 0 Å². The summed E-state index contributed by atoms with van der Waals surface area (Å²) in [5.41, 5.74) is 1.48. The molecule has 1 aromatic carbocycles. The highest BCUT2D eigenvalue weighted by Crippen LogP contribution is 2.15. The van der Waals surface area contributed by atoms with Gasteiger partial charge in [-0.15, -0.1) is 0 Å². The molecule has 2 amide bonds. The molecule has 2 aromatic rings. The first-order valence-corrected chi connectivity index (χ1v) is 10.5. The van der Waals surface area contributed by atoms with Crippen molar-refractivity contribution in [2.24, 2.45) is 5.92 Å². The van der Waals surface area contributed by atoms with E-state index in [1.54, 1.807) is 6.33 Å². The number of carboxylic acid groups (broad SMARTS) is 1. The Morgan fingerprint density at radius 3 is 2.81 bits per heavy atom. The predicted octanol–water partition coefficient (Wildman–Crippen LogP) is 2.70. The van der Waals surface area contributed by atoms with Crippen molar-refractivity contribution in [1.29, 1.82) is 0 Å². The third kappa shape index (κ3) is 6.42. The van der Waals surface area contributed by atoms with Gasteiger partial charge in [-0.3, -0.25) is 9.69 Å². The summed E-state index contributed by atoms with van der Waals surface area (Å²) in [6.45, 7) is 5.55. The van der Waals surface area contributed by atoms with Crippen molar-refractivity contribution >= 4 is 12.0 Å². The molecule has 0 saturated heterocycles. The van der Waals surface area contributed by atoms with E-state index in [1.165, 1.54) is 4.90 Å². The van der Waals surface area contributed by atoms with Gasteiger partial charge in [-0.25, -0.2) is 9.78 Å². The van der Waals surface area contributed by atoms with Gasteiger partial charge in [0.1, 0.15) is 6.04 Å². The van der Waals surface area contributed by atoms with Gasteiger partial charge in [0, 0.05) is 25.7 Å². The third-order valence-electron chi connectivity index (χ3n) is 5.34. The molecule has 1 aliphatic rings. The van der Waals surface area contributed by atoms with Crippen LogP contribution in [0.5, 0.6) is 0 Å². The van der Waals surface area contributed by atoms with Crippen molar-refractivity contribution in [3.63, 3.8) is 0 Å². The van der Waals surface area contributed by atoms with Crippen LogP contribution in [0.2, 0.25) is 0 Å². The first-order valence-electron chi connectivity index (χ1n) is 10.5. The standard InChI is InChI=1S/C23H30N4O4/c1-17(2)20-15-31-11-7-6-10-26-14-19(24-16-26)12-21(22(28)25-20)27(23(29)30)13-18-8-4-3-5-9-18/h3-9,14,16-17,20-21H,10-13,15H2,1-2H3,(H,25,28)(H,29,30)/t20-,21-/m1/s1. The lowest BCUT2D eigenvalue weighted by Crippen LogP contribution is -2.54. The number of benzene rings is 1. The number of hydrogen-bond donors (Lipinski definition) is 2. The molecule has 3 rings (SSSR count). The van der Waals surface area contributed by atoms with Crippen LogP contribution in [0.3, 0.4) is 0 Å². The Hall–Kier alpha value is -3.13. The summed E-state index contributed by atoms with van der Waals surface area (Å²) in [7, 11) is 0. The fourth-order valence-corrected chi connectivity index (χ4v) is 3.45. The summed E-state index contributed by atoms with van der Waals surface area (Å²) in [6, 6.07) is 8.13. The molecular weight excluding hydrogens is 396 g/mol. The second kappa shape index (κ2) is 10.8. The Labute approximate surface area is 182 Å². The van der Waals surface area contributed by atoms with E-state index >= 15 is 0 Å². The number of nitrogens with one attached hydrogen (secondary N) is 1. The Kier molecular flexibility index (Phi) is 7.83. The van der Waals surface area contributed by atoms with Gasteiger partial charge in [0.05, 0.1) is 31.3 Å². The zero-order valence-electron chi connectivity index (χ0n) is 18.0. The number of carbonyl (C=O) groups excluding carboxylic acids is 1. The molecule has 166 valence electrons. The van der Waals surface area contributed by atoms with Crippen molar-refractivity contribution in [3.8, 4) is 0 Å². The van der Waals surface area contributed by atoms with Gasteiger partial charge >= 0.3 is 6.09 Å². The van der Waals surface area contributed by atoms with Crippen molar-refractivity contribution < 1.29 is 19.4 Å². The second-order valence-electron chi connectivity index (χ2n) is 8.05. The largest absolute Gasteiger partial charge is 0.465 e. The van der Waals surface area contributed by atoms with E-state index in [1.807, 2.05) is 67.1 Å². The quantitative estimate of drug-likeness (QED) is 0.733. The van der Waals surface area contributed by atoms with E-state index < -0.39 is 12.1 Å². The van der Waals surface area contributed by atoms with Crippen LogP contribution < -0.4 is 5.32 Å². The summed E-state index contributed by atoms with van der Waals surface area (Å²) in [6.07, 6.45) is 6.52. The number of hydrogen-bond acceptors (Lipinski definition) is 4. The highest BCUT2D eigenvalue weighted by atomic mass is 16.5. The van der Waals surface area contributed by atoms with Crippen molar-refractivity contribution in [1.82, 2.24) is 19.8 Å². The number of rotatable bonds is 4.